The Morgan fingerprint density at radius 1 is 0.462 bits per heavy atom. The predicted molar refractivity (Wildman–Crippen MR) is 174 cm³/mol. The molecule has 1 aliphatic rings. The molecule has 0 N–H and O–H groups in total. The zero-order valence-electron chi connectivity index (χ0n) is 26.4. The molecule has 2 nitrogen and oxygen atoms in total. The maximum atomic E-state index is 2.66. The van der Waals surface area contributed by atoms with Crippen LogP contribution in [-0.4, -0.2) is 22.5 Å². The van der Waals surface area contributed by atoms with Crippen LogP contribution >= 0.6 is 0 Å². The molecular weight excluding hydrogens is 472 g/mol. The smallest absolute Gasteiger partial charge is 0.101 e. The number of unbranched alkanes of at least 4 members (excludes halogenated alkanes) is 21. The van der Waals surface area contributed by atoms with E-state index in [0.29, 0.717) is 6.17 Å². The molecule has 1 unspecified atom stereocenters. The molecule has 0 radical (unpaired) electrons. The van der Waals surface area contributed by atoms with Crippen LogP contribution in [0.2, 0.25) is 0 Å². The van der Waals surface area contributed by atoms with Gasteiger partial charge in [-0.2, -0.15) is 0 Å². The van der Waals surface area contributed by atoms with Crippen molar-refractivity contribution < 1.29 is 0 Å². The topological polar surface area (TPSA) is 6.48 Å². The quantitative estimate of drug-likeness (QED) is 0.103. The lowest BCUT2D eigenvalue weighted by molar-refractivity contribution is 0.132. The monoisotopic (exact) mass is 539 g/mol. The highest BCUT2D eigenvalue weighted by Crippen LogP contribution is 2.25. The Balaban J connectivity index is 1.56. The summed E-state index contributed by atoms with van der Waals surface area (Å²) in [7, 11) is 0. The minimum absolute atomic E-state index is 0.553. The zero-order valence-corrected chi connectivity index (χ0v) is 26.4. The van der Waals surface area contributed by atoms with Gasteiger partial charge in [-0.1, -0.05) is 179 Å². The van der Waals surface area contributed by atoms with Crippen LogP contribution in [-0.2, 0) is 6.54 Å². The summed E-state index contributed by atoms with van der Waals surface area (Å²) in [5.41, 5.74) is 1.43. The summed E-state index contributed by atoms with van der Waals surface area (Å²) in [6.45, 7) is 6.87. The zero-order chi connectivity index (χ0) is 27.6. The summed E-state index contributed by atoms with van der Waals surface area (Å²) in [5, 5.41) is 0. The van der Waals surface area contributed by atoms with Gasteiger partial charge in [0.1, 0.15) is 6.17 Å². The number of hydrogen-bond donors (Lipinski definition) is 0. The summed E-state index contributed by atoms with van der Waals surface area (Å²) in [6.07, 6.45) is 39.4. The lowest BCUT2D eigenvalue weighted by Crippen LogP contribution is -2.38. The minimum Gasteiger partial charge on any atom is -0.356 e. The van der Waals surface area contributed by atoms with Gasteiger partial charge in [-0.15, -0.1) is 0 Å². The molecular formula is C37H66N2. The van der Waals surface area contributed by atoms with E-state index in [0.717, 1.165) is 6.54 Å². The number of nitrogens with zero attached hydrogens (tertiary/aromatic N) is 2. The largest absolute Gasteiger partial charge is 0.356 e. The van der Waals surface area contributed by atoms with Gasteiger partial charge in [-0.05, 0) is 24.8 Å². The van der Waals surface area contributed by atoms with E-state index in [9.17, 15) is 0 Å². The van der Waals surface area contributed by atoms with E-state index in [-0.39, 0.29) is 0 Å². The molecule has 2 heteroatoms. The van der Waals surface area contributed by atoms with Crippen molar-refractivity contribution in [3.8, 4) is 0 Å². The second-order valence-electron chi connectivity index (χ2n) is 12.4. The van der Waals surface area contributed by atoms with Gasteiger partial charge in [0.15, 0.2) is 0 Å². The molecule has 0 bridgehead atoms. The highest BCUT2D eigenvalue weighted by molar-refractivity contribution is 5.16. The van der Waals surface area contributed by atoms with Gasteiger partial charge in [0.25, 0.3) is 0 Å². The lowest BCUT2D eigenvalue weighted by atomic mass is 10.0. The number of benzene rings is 1. The molecule has 1 atom stereocenters. The Labute approximate surface area is 245 Å². The van der Waals surface area contributed by atoms with Gasteiger partial charge in [-0.25, -0.2) is 0 Å². The van der Waals surface area contributed by atoms with Crippen LogP contribution in [0, 0.1) is 0 Å². The van der Waals surface area contributed by atoms with Crippen molar-refractivity contribution in [3.05, 3.63) is 48.3 Å². The molecule has 0 amide bonds. The third-order valence-corrected chi connectivity index (χ3v) is 8.76. The van der Waals surface area contributed by atoms with Crippen molar-refractivity contribution in [1.29, 1.82) is 0 Å². The Kier molecular flexibility index (Phi) is 21.1. The van der Waals surface area contributed by atoms with E-state index in [1.807, 2.05) is 0 Å². The maximum Gasteiger partial charge on any atom is 0.101 e. The second-order valence-corrected chi connectivity index (χ2v) is 12.4. The maximum absolute atomic E-state index is 2.66. The highest BCUT2D eigenvalue weighted by atomic mass is 15.4. The lowest BCUT2D eigenvalue weighted by Gasteiger charge is -2.33. The Bertz CT molecular complexity index is 669. The van der Waals surface area contributed by atoms with Gasteiger partial charge >= 0.3 is 0 Å². The molecule has 0 fully saturated rings. The molecule has 0 aliphatic carbocycles. The average Bonchev–Trinajstić information content (AvgIpc) is 3.33. The molecule has 0 aromatic heterocycles. The van der Waals surface area contributed by atoms with E-state index < -0.39 is 0 Å². The highest BCUT2D eigenvalue weighted by Gasteiger charge is 2.25. The normalized spacial score (nSPS) is 15.1. The van der Waals surface area contributed by atoms with Gasteiger partial charge < -0.3 is 9.80 Å². The summed E-state index contributed by atoms with van der Waals surface area (Å²) in [4.78, 5) is 5.26. The van der Waals surface area contributed by atoms with Crippen molar-refractivity contribution in [2.75, 3.05) is 6.54 Å². The molecule has 224 valence electrons. The fourth-order valence-corrected chi connectivity index (χ4v) is 6.19. The Morgan fingerprint density at radius 3 is 1.36 bits per heavy atom. The van der Waals surface area contributed by atoms with Crippen molar-refractivity contribution >= 4 is 0 Å². The summed E-state index contributed by atoms with van der Waals surface area (Å²) in [5.74, 6) is 0. The molecule has 1 aromatic carbocycles. The molecule has 1 aromatic rings. The van der Waals surface area contributed by atoms with Gasteiger partial charge in [0, 0.05) is 25.5 Å². The number of hydrogen-bond acceptors (Lipinski definition) is 2. The first kappa shape index (κ1) is 33.8. The van der Waals surface area contributed by atoms with Crippen LogP contribution in [0.3, 0.4) is 0 Å². The van der Waals surface area contributed by atoms with Crippen LogP contribution in [0.5, 0.6) is 0 Å². The van der Waals surface area contributed by atoms with Gasteiger partial charge in [0.2, 0.25) is 0 Å². The van der Waals surface area contributed by atoms with Crippen molar-refractivity contribution in [2.45, 2.75) is 181 Å². The van der Waals surface area contributed by atoms with E-state index in [1.165, 1.54) is 166 Å². The SMILES string of the molecule is CCCCCCCCCCCCCCCCCC1N(CCCCCCCCCC)C=CN1Cc1ccccc1. The third kappa shape index (κ3) is 17.1. The molecule has 39 heavy (non-hydrogen) atoms. The van der Waals surface area contributed by atoms with Crippen LogP contribution in [0.15, 0.2) is 42.7 Å². The van der Waals surface area contributed by atoms with Crippen LogP contribution in [0.4, 0.5) is 0 Å². The summed E-state index contributed by atoms with van der Waals surface area (Å²) in [6, 6.07) is 11.0. The summed E-state index contributed by atoms with van der Waals surface area (Å²) < 4.78 is 0. The fraction of sp³-hybridized carbons (Fsp3) is 0.784. The average molecular weight is 539 g/mol. The van der Waals surface area contributed by atoms with E-state index in [2.05, 4.69) is 66.4 Å². The summed E-state index contributed by atoms with van der Waals surface area (Å²) >= 11 is 0. The van der Waals surface area contributed by atoms with Crippen molar-refractivity contribution in [3.63, 3.8) is 0 Å². The number of rotatable bonds is 27. The van der Waals surface area contributed by atoms with Crippen LogP contribution < -0.4 is 0 Å². The first-order valence-electron chi connectivity index (χ1n) is 17.6. The van der Waals surface area contributed by atoms with E-state index >= 15 is 0 Å². The first-order chi connectivity index (χ1) is 19.3. The fourth-order valence-electron chi connectivity index (χ4n) is 6.19. The van der Waals surface area contributed by atoms with Crippen molar-refractivity contribution in [2.24, 2.45) is 0 Å². The van der Waals surface area contributed by atoms with Gasteiger partial charge in [-0.3, -0.25) is 0 Å². The predicted octanol–water partition coefficient (Wildman–Crippen LogP) is 12.0. The molecule has 1 heterocycles. The molecule has 0 saturated heterocycles. The van der Waals surface area contributed by atoms with Crippen LogP contribution in [0.1, 0.15) is 174 Å². The molecule has 0 saturated carbocycles. The third-order valence-electron chi connectivity index (χ3n) is 8.76. The molecule has 1 aliphatic heterocycles. The second kappa shape index (κ2) is 24.4. The van der Waals surface area contributed by atoms with Gasteiger partial charge in [0.05, 0.1) is 0 Å². The van der Waals surface area contributed by atoms with E-state index in [1.54, 1.807) is 0 Å². The van der Waals surface area contributed by atoms with Crippen molar-refractivity contribution in [1.82, 2.24) is 9.80 Å². The Morgan fingerprint density at radius 2 is 0.872 bits per heavy atom. The minimum atomic E-state index is 0.553. The molecule has 2 rings (SSSR count). The Hall–Kier alpha value is -1.44. The van der Waals surface area contributed by atoms with E-state index in [4.69, 9.17) is 0 Å². The van der Waals surface area contributed by atoms with Crippen LogP contribution in [0.25, 0.3) is 0 Å². The standard InChI is InChI=1S/C37H66N2/c1-3-5-7-9-11-13-14-15-16-17-18-19-20-22-27-31-37-38(32-28-23-21-12-10-8-6-4-2)33-34-39(37)35-36-29-25-24-26-30-36/h24-26,29-30,33-34,37H,3-23,27-28,31-32,35H2,1-2H3. The molecule has 0 spiro atoms. The first-order valence-corrected chi connectivity index (χ1v) is 17.6.